The number of nitrogens with one attached hydrogen (secondary N) is 2. The minimum absolute atomic E-state index is 0.332. The molecule has 31 heavy (non-hydrogen) atoms. The number of halogens is 3. The number of benzene rings is 2. The standard InChI is InChI=1S/C19H17F3N4O5/c1-26(9-17(28)29)16(27)10-30-13-6-7-14-15(8-13)25-18(24-14)23-11-2-4-12(5-3-11)31-19(20,21)22/h2-8H,9-10H2,1H3,(H,28,29)(H2,23,24,25). The predicted molar refractivity (Wildman–Crippen MR) is 103 cm³/mol. The molecular formula is C19H17F3N4O5. The summed E-state index contributed by atoms with van der Waals surface area (Å²) in [5.41, 5.74) is 1.65. The summed E-state index contributed by atoms with van der Waals surface area (Å²) < 4.78 is 45.9. The molecule has 0 aliphatic carbocycles. The van der Waals surface area contributed by atoms with Crippen molar-refractivity contribution in [3.63, 3.8) is 0 Å². The fraction of sp³-hybridized carbons (Fsp3) is 0.211. The van der Waals surface area contributed by atoms with Crippen LogP contribution >= 0.6 is 0 Å². The van der Waals surface area contributed by atoms with Crippen LogP contribution < -0.4 is 14.8 Å². The number of ether oxygens (including phenoxy) is 2. The number of amides is 1. The number of anilines is 2. The summed E-state index contributed by atoms with van der Waals surface area (Å²) in [7, 11) is 1.36. The first-order chi connectivity index (χ1) is 14.6. The van der Waals surface area contributed by atoms with Gasteiger partial charge < -0.3 is 29.8 Å². The number of aromatic amines is 1. The summed E-state index contributed by atoms with van der Waals surface area (Å²) in [6.07, 6.45) is -4.76. The zero-order chi connectivity index (χ0) is 22.6. The van der Waals surface area contributed by atoms with Gasteiger partial charge in [0.2, 0.25) is 5.95 Å². The van der Waals surface area contributed by atoms with Gasteiger partial charge in [0.1, 0.15) is 18.0 Å². The summed E-state index contributed by atoms with van der Waals surface area (Å²) in [5.74, 6) is -1.25. The molecule has 0 unspecified atom stereocenters. The third kappa shape index (κ3) is 6.26. The van der Waals surface area contributed by atoms with Gasteiger partial charge in [0.05, 0.1) is 11.0 Å². The lowest BCUT2D eigenvalue weighted by molar-refractivity contribution is -0.274. The summed E-state index contributed by atoms with van der Waals surface area (Å²) in [4.78, 5) is 30.8. The lowest BCUT2D eigenvalue weighted by Gasteiger charge is -2.14. The van der Waals surface area contributed by atoms with Crippen LogP contribution in [-0.4, -0.2) is 58.4 Å². The zero-order valence-corrected chi connectivity index (χ0v) is 16.1. The Balaban J connectivity index is 1.63. The molecule has 0 bridgehead atoms. The number of aliphatic carboxylic acids is 1. The van der Waals surface area contributed by atoms with E-state index in [0.29, 0.717) is 28.4 Å². The molecular weight excluding hydrogens is 421 g/mol. The molecule has 1 amide bonds. The number of rotatable bonds is 8. The molecule has 2 aromatic carbocycles. The first kappa shape index (κ1) is 21.7. The van der Waals surface area contributed by atoms with Crippen molar-refractivity contribution in [3.8, 4) is 11.5 Å². The summed E-state index contributed by atoms with van der Waals surface area (Å²) in [6, 6.07) is 10.0. The van der Waals surface area contributed by atoms with Crippen LogP contribution in [0.4, 0.5) is 24.8 Å². The van der Waals surface area contributed by atoms with Crippen LogP contribution in [0.25, 0.3) is 11.0 Å². The van der Waals surface area contributed by atoms with Gasteiger partial charge in [0.25, 0.3) is 5.91 Å². The summed E-state index contributed by atoms with van der Waals surface area (Å²) >= 11 is 0. The average molecular weight is 438 g/mol. The number of H-pyrrole nitrogens is 1. The Labute approximate surface area is 173 Å². The van der Waals surface area contributed by atoms with Gasteiger partial charge in [0, 0.05) is 18.8 Å². The number of nitrogens with zero attached hydrogens (tertiary/aromatic N) is 2. The Kier molecular flexibility index (Phi) is 6.18. The van der Waals surface area contributed by atoms with E-state index in [2.05, 4.69) is 20.0 Å². The van der Waals surface area contributed by atoms with Gasteiger partial charge in [-0.3, -0.25) is 9.59 Å². The third-order valence-electron chi connectivity index (χ3n) is 3.96. The second kappa shape index (κ2) is 8.81. The topological polar surface area (TPSA) is 117 Å². The van der Waals surface area contributed by atoms with Crippen LogP contribution in [-0.2, 0) is 9.59 Å². The highest BCUT2D eigenvalue weighted by Gasteiger charge is 2.30. The van der Waals surface area contributed by atoms with Crippen LogP contribution in [0.1, 0.15) is 0 Å². The number of carboxylic acid groups (broad SMARTS) is 1. The Morgan fingerprint density at radius 3 is 2.48 bits per heavy atom. The highest BCUT2D eigenvalue weighted by molar-refractivity contribution is 5.83. The number of alkyl halides is 3. The first-order valence-corrected chi connectivity index (χ1v) is 8.80. The van der Waals surface area contributed by atoms with Crippen LogP contribution in [0.15, 0.2) is 42.5 Å². The van der Waals surface area contributed by atoms with E-state index in [0.717, 1.165) is 4.90 Å². The van der Waals surface area contributed by atoms with Crippen LogP contribution in [0.2, 0.25) is 0 Å². The van der Waals surface area contributed by atoms with Crippen molar-refractivity contribution in [3.05, 3.63) is 42.5 Å². The molecule has 0 saturated carbocycles. The number of carboxylic acids is 1. The maximum absolute atomic E-state index is 12.2. The van der Waals surface area contributed by atoms with Gasteiger partial charge in [0.15, 0.2) is 6.61 Å². The molecule has 0 saturated heterocycles. The van der Waals surface area contributed by atoms with Crippen molar-refractivity contribution >= 4 is 34.5 Å². The van der Waals surface area contributed by atoms with E-state index >= 15 is 0 Å². The van der Waals surface area contributed by atoms with E-state index in [1.807, 2.05) is 0 Å². The fourth-order valence-electron chi connectivity index (χ4n) is 2.56. The molecule has 3 rings (SSSR count). The SMILES string of the molecule is CN(CC(=O)O)C(=O)COc1ccc2nc(Nc3ccc(OC(F)(F)F)cc3)[nH]c2c1. The second-order valence-electron chi connectivity index (χ2n) is 6.39. The minimum Gasteiger partial charge on any atom is -0.484 e. The van der Waals surface area contributed by atoms with Gasteiger partial charge in [-0.25, -0.2) is 4.98 Å². The van der Waals surface area contributed by atoms with Crippen molar-refractivity contribution in [1.29, 1.82) is 0 Å². The van der Waals surface area contributed by atoms with Crippen molar-refractivity contribution in [1.82, 2.24) is 14.9 Å². The number of carbonyl (C=O) groups excluding carboxylic acids is 1. The molecule has 1 heterocycles. The van der Waals surface area contributed by atoms with Crippen LogP contribution in [0.5, 0.6) is 11.5 Å². The molecule has 0 fully saturated rings. The quantitative estimate of drug-likeness (QED) is 0.495. The lowest BCUT2D eigenvalue weighted by atomic mass is 10.3. The lowest BCUT2D eigenvalue weighted by Crippen LogP contribution is -2.35. The van der Waals surface area contributed by atoms with Gasteiger partial charge in [-0.15, -0.1) is 13.2 Å². The Bertz CT molecular complexity index is 1080. The molecule has 0 atom stereocenters. The molecule has 0 aliphatic rings. The van der Waals surface area contributed by atoms with Crippen LogP contribution in [0.3, 0.4) is 0 Å². The van der Waals surface area contributed by atoms with E-state index in [9.17, 15) is 22.8 Å². The van der Waals surface area contributed by atoms with Gasteiger partial charge in [-0.1, -0.05) is 0 Å². The average Bonchev–Trinajstić information content (AvgIpc) is 3.07. The molecule has 3 aromatic rings. The zero-order valence-electron chi connectivity index (χ0n) is 16.1. The minimum atomic E-state index is -4.76. The summed E-state index contributed by atoms with van der Waals surface area (Å²) in [5, 5.41) is 11.6. The highest BCUT2D eigenvalue weighted by atomic mass is 19.4. The smallest absolute Gasteiger partial charge is 0.484 e. The van der Waals surface area contributed by atoms with Crippen molar-refractivity contribution in [2.75, 3.05) is 25.5 Å². The third-order valence-corrected chi connectivity index (χ3v) is 3.96. The maximum atomic E-state index is 12.2. The Morgan fingerprint density at radius 2 is 1.84 bits per heavy atom. The van der Waals surface area contributed by atoms with E-state index in [4.69, 9.17) is 9.84 Å². The van der Waals surface area contributed by atoms with Crippen molar-refractivity contribution in [2.45, 2.75) is 6.36 Å². The number of hydrogen-bond donors (Lipinski definition) is 3. The molecule has 12 heteroatoms. The maximum Gasteiger partial charge on any atom is 0.573 e. The molecule has 3 N–H and O–H groups in total. The van der Waals surface area contributed by atoms with Gasteiger partial charge >= 0.3 is 12.3 Å². The molecule has 1 aromatic heterocycles. The molecule has 164 valence electrons. The van der Waals surface area contributed by atoms with Crippen LogP contribution in [0, 0.1) is 0 Å². The first-order valence-electron chi connectivity index (χ1n) is 8.80. The molecule has 0 spiro atoms. The number of carbonyl (C=O) groups is 2. The van der Waals surface area contributed by atoms with E-state index < -0.39 is 24.8 Å². The van der Waals surface area contributed by atoms with Gasteiger partial charge in [-0.05, 0) is 36.4 Å². The second-order valence-corrected chi connectivity index (χ2v) is 6.39. The molecule has 0 radical (unpaired) electrons. The van der Waals surface area contributed by atoms with E-state index in [1.54, 1.807) is 18.2 Å². The largest absolute Gasteiger partial charge is 0.573 e. The summed E-state index contributed by atoms with van der Waals surface area (Å²) in [6.45, 7) is -0.763. The normalized spacial score (nSPS) is 11.2. The monoisotopic (exact) mass is 438 g/mol. The van der Waals surface area contributed by atoms with E-state index in [-0.39, 0.29) is 12.4 Å². The van der Waals surface area contributed by atoms with Crippen molar-refractivity contribution < 1.29 is 37.3 Å². The molecule has 0 aliphatic heterocycles. The van der Waals surface area contributed by atoms with E-state index in [1.165, 1.54) is 31.3 Å². The fourth-order valence-corrected chi connectivity index (χ4v) is 2.56. The predicted octanol–water partition coefficient (Wildman–Crippen LogP) is 3.13. The number of imidazole rings is 1. The Morgan fingerprint density at radius 1 is 1.16 bits per heavy atom. The number of fused-ring (bicyclic) bond motifs is 1. The van der Waals surface area contributed by atoms with Crippen molar-refractivity contribution in [2.24, 2.45) is 0 Å². The molecule has 9 nitrogen and oxygen atoms in total. The Hall–Kier alpha value is -3.96. The highest BCUT2D eigenvalue weighted by Crippen LogP contribution is 2.26. The number of hydrogen-bond acceptors (Lipinski definition) is 6. The van der Waals surface area contributed by atoms with Gasteiger partial charge in [-0.2, -0.15) is 0 Å². The number of likely N-dealkylation sites (N-methyl/N-ethyl adjacent to an activating group) is 1. The number of aromatic nitrogens is 2.